The quantitative estimate of drug-likeness (QED) is 0.370. The van der Waals surface area contributed by atoms with Crippen LogP contribution in [-0.4, -0.2) is 12.4 Å². The topological polar surface area (TPSA) is 26.3 Å². The lowest BCUT2D eigenvalue weighted by atomic mass is 9.68. The van der Waals surface area contributed by atoms with Crippen molar-refractivity contribution in [3.8, 4) is 5.75 Å². The summed E-state index contributed by atoms with van der Waals surface area (Å²) in [5, 5.41) is 0. The van der Waals surface area contributed by atoms with E-state index >= 15 is 0 Å². The fraction of sp³-hybridized carbons (Fsp3) is 0.741. The van der Waals surface area contributed by atoms with Gasteiger partial charge in [-0.15, -0.1) is 0 Å². The first-order valence-electron chi connectivity index (χ1n) is 12.6. The molecule has 0 radical (unpaired) electrons. The number of ether oxygens (including phenoxy) is 1. The van der Waals surface area contributed by atoms with E-state index in [-0.39, 0.29) is 35.2 Å². The Labute approximate surface area is 191 Å². The van der Waals surface area contributed by atoms with Gasteiger partial charge in [0.2, 0.25) is 0 Å². The van der Waals surface area contributed by atoms with Crippen LogP contribution >= 0.6 is 0 Å². The molecule has 0 unspecified atom stereocenters. The third kappa shape index (κ3) is 6.08. The van der Waals surface area contributed by atoms with Crippen molar-refractivity contribution < 1.29 is 22.7 Å². The van der Waals surface area contributed by atoms with E-state index < -0.39 is 11.7 Å². The maximum absolute atomic E-state index is 13.6. The van der Waals surface area contributed by atoms with E-state index in [0.29, 0.717) is 6.42 Å². The van der Waals surface area contributed by atoms with E-state index in [9.17, 15) is 18.0 Å². The summed E-state index contributed by atoms with van der Waals surface area (Å²) in [5.41, 5.74) is -0.629. The van der Waals surface area contributed by atoms with Crippen LogP contribution in [0.4, 0.5) is 13.2 Å². The number of hydrogen-bond acceptors (Lipinski definition) is 2. The van der Waals surface area contributed by atoms with Crippen molar-refractivity contribution in [2.24, 2.45) is 23.7 Å². The zero-order chi connectivity index (χ0) is 23.3. The van der Waals surface area contributed by atoms with Gasteiger partial charge in [0.25, 0.3) is 0 Å². The van der Waals surface area contributed by atoms with Gasteiger partial charge in [0.05, 0.1) is 6.61 Å². The minimum atomic E-state index is -4.54. The summed E-state index contributed by atoms with van der Waals surface area (Å²) in [5.74, 6) is 2.46. The highest BCUT2D eigenvalue weighted by Crippen LogP contribution is 2.44. The molecule has 1 aromatic rings. The molecule has 2 aliphatic rings. The van der Waals surface area contributed by atoms with Crippen LogP contribution in [-0.2, 0) is 6.18 Å². The van der Waals surface area contributed by atoms with E-state index in [0.717, 1.165) is 43.4 Å². The molecule has 180 valence electrons. The number of carbonyl (C=O) groups is 1. The molecule has 0 saturated heterocycles. The van der Waals surface area contributed by atoms with Crippen molar-refractivity contribution in [2.45, 2.75) is 97.6 Å². The van der Waals surface area contributed by atoms with Crippen molar-refractivity contribution >= 4 is 5.78 Å². The number of Topliss-reactive ketones (excluding diaryl/α,β-unsaturated/α-hetero) is 1. The van der Waals surface area contributed by atoms with Gasteiger partial charge < -0.3 is 4.74 Å². The van der Waals surface area contributed by atoms with Crippen molar-refractivity contribution in [3.63, 3.8) is 0 Å². The van der Waals surface area contributed by atoms with Crippen LogP contribution in [0.3, 0.4) is 0 Å². The second kappa shape index (κ2) is 11.1. The second-order valence-corrected chi connectivity index (χ2v) is 10.0. The van der Waals surface area contributed by atoms with Crippen LogP contribution in [0.2, 0.25) is 0 Å². The number of halogens is 3. The zero-order valence-electron chi connectivity index (χ0n) is 19.9. The average molecular weight is 453 g/mol. The van der Waals surface area contributed by atoms with E-state index in [1.54, 1.807) is 6.92 Å². The maximum Gasteiger partial charge on any atom is 0.420 e. The molecule has 0 bridgehead atoms. The van der Waals surface area contributed by atoms with Gasteiger partial charge in [0.1, 0.15) is 11.3 Å². The zero-order valence-corrected chi connectivity index (χ0v) is 19.9. The van der Waals surface area contributed by atoms with Gasteiger partial charge in [-0.05, 0) is 93.7 Å². The van der Waals surface area contributed by atoms with Crippen molar-refractivity contribution in [2.75, 3.05) is 6.61 Å². The van der Waals surface area contributed by atoms with Gasteiger partial charge in [-0.1, -0.05) is 32.6 Å². The summed E-state index contributed by atoms with van der Waals surface area (Å²) in [4.78, 5) is 13.0. The van der Waals surface area contributed by atoms with Crippen LogP contribution in [0.1, 0.15) is 106 Å². The number of alkyl halides is 3. The first kappa shape index (κ1) is 25.1. The van der Waals surface area contributed by atoms with Crippen LogP contribution in [0.25, 0.3) is 0 Å². The van der Waals surface area contributed by atoms with E-state index in [1.807, 2.05) is 0 Å². The predicted molar refractivity (Wildman–Crippen MR) is 122 cm³/mol. The molecule has 0 atom stereocenters. The Kier molecular flexibility index (Phi) is 8.68. The summed E-state index contributed by atoms with van der Waals surface area (Å²) in [7, 11) is 0. The first-order valence-corrected chi connectivity index (χ1v) is 12.6. The van der Waals surface area contributed by atoms with Crippen molar-refractivity contribution in [1.82, 2.24) is 0 Å². The molecule has 0 spiro atoms. The molecule has 1 aromatic carbocycles. The highest BCUT2D eigenvalue weighted by atomic mass is 19.4. The third-order valence-corrected chi connectivity index (χ3v) is 7.93. The lowest BCUT2D eigenvalue weighted by Crippen LogP contribution is -2.26. The van der Waals surface area contributed by atoms with Crippen LogP contribution in [0.15, 0.2) is 12.1 Å². The number of hydrogen-bond donors (Lipinski definition) is 0. The molecule has 2 fully saturated rings. The van der Waals surface area contributed by atoms with Crippen LogP contribution in [0, 0.1) is 30.6 Å². The summed E-state index contributed by atoms with van der Waals surface area (Å²) < 4.78 is 46.1. The van der Waals surface area contributed by atoms with Crippen LogP contribution in [0.5, 0.6) is 5.75 Å². The van der Waals surface area contributed by atoms with Crippen molar-refractivity contribution in [1.29, 1.82) is 0 Å². The molecule has 5 heteroatoms. The van der Waals surface area contributed by atoms with E-state index in [1.165, 1.54) is 57.6 Å². The normalized spacial score (nSPS) is 26.7. The molecule has 3 rings (SSSR count). The Morgan fingerprint density at radius 2 is 1.50 bits per heavy atom. The SMILES string of the molecule is CCCC1CCC(C2CCC(CC(=O)c3ccc(OCC)c(C(F)(F)F)c3C)CC2)CC1. The minimum absolute atomic E-state index is 0.00836. The molecule has 2 saturated carbocycles. The smallest absolute Gasteiger partial charge is 0.420 e. The monoisotopic (exact) mass is 452 g/mol. The minimum Gasteiger partial charge on any atom is -0.493 e. The van der Waals surface area contributed by atoms with Gasteiger partial charge in [-0.3, -0.25) is 4.79 Å². The largest absolute Gasteiger partial charge is 0.493 e. The van der Waals surface area contributed by atoms with Crippen LogP contribution < -0.4 is 4.74 Å². The van der Waals surface area contributed by atoms with E-state index in [4.69, 9.17) is 4.74 Å². The fourth-order valence-corrected chi connectivity index (χ4v) is 6.21. The fourth-order valence-electron chi connectivity index (χ4n) is 6.21. The second-order valence-electron chi connectivity index (χ2n) is 10.0. The van der Waals surface area contributed by atoms with E-state index in [2.05, 4.69) is 6.92 Å². The Hall–Kier alpha value is -1.52. The highest BCUT2D eigenvalue weighted by molar-refractivity contribution is 5.98. The summed E-state index contributed by atoms with van der Waals surface area (Å²) in [6.07, 6.45) is 8.27. The Balaban J connectivity index is 1.57. The molecule has 0 aromatic heterocycles. The molecular weight excluding hydrogens is 413 g/mol. The van der Waals surface area contributed by atoms with Gasteiger partial charge in [-0.25, -0.2) is 0 Å². The summed E-state index contributed by atoms with van der Waals surface area (Å²) in [6.45, 7) is 5.47. The average Bonchev–Trinajstić information content (AvgIpc) is 2.74. The third-order valence-electron chi connectivity index (χ3n) is 7.93. The summed E-state index contributed by atoms with van der Waals surface area (Å²) >= 11 is 0. The number of benzene rings is 1. The van der Waals surface area contributed by atoms with Gasteiger partial charge in [0, 0.05) is 12.0 Å². The molecule has 2 aliphatic carbocycles. The Morgan fingerprint density at radius 3 is 2.00 bits per heavy atom. The standard InChI is InChI=1S/C27H39F3O2/c1-4-6-19-7-11-21(12-8-19)22-13-9-20(10-14-22)17-24(31)23-15-16-25(32-5-2)26(18(23)3)27(28,29)30/h15-16,19-22H,4-14,17H2,1-3H3. The predicted octanol–water partition coefficient (Wildman–Crippen LogP) is 8.40. The maximum atomic E-state index is 13.6. The Bertz CT molecular complexity index is 755. The molecule has 2 nitrogen and oxygen atoms in total. The number of ketones is 1. The lowest BCUT2D eigenvalue weighted by molar-refractivity contribution is -0.139. The number of carbonyl (C=O) groups excluding carboxylic acids is 1. The molecular formula is C27H39F3O2. The molecule has 0 aliphatic heterocycles. The molecule has 0 amide bonds. The summed E-state index contributed by atoms with van der Waals surface area (Å²) in [6, 6.07) is 2.82. The van der Waals surface area contributed by atoms with Gasteiger partial charge >= 0.3 is 6.18 Å². The molecule has 0 N–H and O–H groups in total. The molecule has 0 heterocycles. The first-order chi connectivity index (χ1) is 15.2. The van der Waals surface area contributed by atoms with Gasteiger partial charge in [-0.2, -0.15) is 13.2 Å². The van der Waals surface area contributed by atoms with Gasteiger partial charge in [0.15, 0.2) is 5.78 Å². The number of rotatable bonds is 8. The molecule has 32 heavy (non-hydrogen) atoms. The highest BCUT2D eigenvalue weighted by Gasteiger charge is 2.38. The lowest BCUT2D eigenvalue weighted by Gasteiger charge is -2.37. The van der Waals surface area contributed by atoms with Crippen molar-refractivity contribution in [3.05, 3.63) is 28.8 Å². The Morgan fingerprint density at radius 1 is 0.938 bits per heavy atom.